The minimum atomic E-state index is -4.55. The van der Waals surface area contributed by atoms with Crippen LogP contribution in [-0.2, 0) is 6.18 Å². The van der Waals surface area contributed by atoms with E-state index in [4.69, 9.17) is 10.5 Å². The van der Waals surface area contributed by atoms with Gasteiger partial charge in [-0.15, -0.1) is 0 Å². The molecule has 0 aliphatic heterocycles. The molecule has 0 bridgehead atoms. The van der Waals surface area contributed by atoms with Gasteiger partial charge in [0.15, 0.2) is 11.6 Å². The predicted octanol–water partition coefficient (Wildman–Crippen LogP) is 3.49. The Balaban J connectivity index is 2.09. The number of hydrogen-bond donors (Lipinski definition) is 1. The Hall–Kier alpha value is -1.30. The molecule has 2 rings (SSSR count). The predicted molar refractivity (Wildman–Crippen MR) is 62.3 cm³/mol. The van der Waals surface area contributed by atoms with Crippen molar-refractivity contribution in [3.05, 3.63) is 29.6 Å². The summed E-state index contributed by atoms with van der Waals surface area (Å²) in [5, 5.41) is 0. The van der Waals surface area contributed by atoms with Gasteiger partial charge in [-0.2, -0.15) is 13.2 Å². The third-order valence-corrected chi connectivity index (χ3v) is 3.22. The van der Waals surface area contributed by atoms with Crippen molar-refractivity contribution in [2.45, 2.75) is 44.0 Å². The van der Waals surface area contributed by atoms with Crippen LogP contribution in [0.25, 0.3) is 0 Å². The molecule has 1 aliphatic carbocycles. The van der Waals surface area contributed by atoms with Gasteiger partial charge < -0.3 is 10.5 Å². The Morgan fingerprint density at radius 1 is 1.21 bits per heavy atom. The molecule has 0 radical (unpaired) electrons. The molecule has 1 aromatic rings. The van der Waals surface area contributed by atoms with Gasteiger partial charge in [-0.1, -0.05) is 0 Å². The summed E-state index contributed by atoms with van der Waals surface area (Å²) in [6.45, 7) is 0. The van der Waals surface area contributed by atoms with E-state index in [1.807, 2.05) is 0 Å². The molecular formula is C13H15F4NO. The molecule has 1 aromatic carbocycles. The number of halogens is 4. The van der Waals surface area contributed by atoms with E-state index < -0.39 is 17.6 Å². The number of alkyl halides is 3. The second-order valence-corrected chi connectivity index (χ2v) is 4.81. The fourth-order valence-corrected chi connectivity index (χ4v) is 2.24. The van der Waals surface area contributed by atoms with Crippen molar-refractivity contribution >= 4 is 0 Å². The number of benzene rings is 1. The van der Waals surface area contributed by atoms with E-state index in [2.05, 4.69) is 0 Å². The van der Waals surface area contributed by atoms with Crippen molar-refractivity contribution in [1.82, 2.24) is 0 Å². The van der Waals surface area contributed by atoms with E-state index >= 15 is 0 Å². The van der Waals surface area contributed by atoms with Crippen LogP contribution in [0, 0.1) is 5.82 Å². The molecule has 1 fully saturated rings. The SMILES string of the molecule is NC1CCCC(Oc2ccc(C(F)(F)F)cc2F)C1. The first-order valence-electron chi connectivity index (χ1n) is 6.15. The van der Waals surface area contributed by atoms with Gasteiger partial charge in [-0.05, 0) is 43.9 Å². The number of rotatable bonds is 2. The largest absolute Gasteiger partial charge is 0.487 e. The van der Waals surface area contributed by atoms with Crippen LogP contribution in [0.5, 0.6) is 5.75 Å². The lowest BCUT2D eigenvalue weighted by Gasteiger charge is -2.27. The molecule has 2 N–H and O–H groups in total. The van der Waals surface area contributed by atoms with Gasteiger partial charge in [0.05, 0.1) is 5.56 Å². The maximum atomic E-state index is 13.6. The zero-order valence-electron chi connectivity index (χ0n) is 10.2. The minimum absolute atomic E-state index is 0.0104. The molecule has 0 heterocycles. The lowest BCUT2D eigenvalue weighted by Crippen LogP contribution is -2.33. The lowest BCUT2D eigenvalue weighted by molar-refractivity contribution is -0.137. The highest BCUT2D eigenvalue weighted by Crippen LogP contribution is 2.33. The quantitative estimate of drug-likeness (QED) is 0.840. The molecule has 2 unspecified atom stereocenters. The second-order valence-electron chi connectivity index (χ2n) is 4.81. The maximum absolute atomic E-state index is 13.6. The highest BCUT2D eigenvalue weighted by Gasteiger charge is 2.31. The third-order valence-electron chi connectivity index (χ3n) is 3.22. The summed E-state index contributed by atoms with van der Waals surface area (Å²) in [4.78, 5) is 0. The summed E-state index contributed by atoms with van der Waals surface area (Å²) in [6.07, 6.45) is -1.65. The average Bonchev–Trinajstić information content (AvgIpc) is 2.30. The third kappa shape index (κ3) is 3.59. The Kier molecular flexibility index (Phi) is 3.99. The molecule has 2 nitrogen and oxygen atoms in total. The van der Waals surface area contributed by atoms with Crippen molar-refractivity contribution in [1.29, 1.82) is 0 Å². The topological polar surface area (TPSA) is 35.2 Å². The summed E-state index contributed by atoms with van der Waals surface area (Å²) >= 11 is 0. The van der Waals surface area contributed by atoms with E-state index in [1.165, 1.54) is 0 Å². The molecule has 2 atom stereocenters. The van der Waals surface area contributed by atoms with Crippen molar-refractivity contribution < 1.29 is 22.3 Å². The first-order chi connectivity index (χ1) is 8.86. The van der Waals surface area contributed by atoms with Crippen LogP contribution in [0.2, 0.25) is 0 Å². The molecule has 6 heteroatoms. The summed E-state index contributed by atoms with van der Waals surface area (Å²) in [5.74, 6) is -1.14. The average molecular weight is 277 g/mol. The fourth-order valence-electron chi connectivity index (χ4n) is 2.24. The highest BCUT2D eigenvalue weighted by atomic mass is 19.4. The van der Waals surface area contributed by atoms with Gasteiger partial charge in [-0.25, -0.2) is 4.39 Å². The van der Waals surface area contributed by atoms with Gasteiger partial charge in [0.1, 0.15) is 6.10 Å². The monoisotopic (exact) mass is 277 g/mol. The van der Waals surface area contributed by atoms with Crippen LogP contribution < -0.4 is 10.5 Å². The second kappa shape index (κ2) is 5.36. The highest BCUT2D eigenvalue weighted by molar-refractivity contribution is 5.31. The number of nitrogens with two attached hydrogens (primary N) is 1. The van der Waals surface area contributed by atoms with Crippen LogP contribution in [0.3, 0.4) is 0 Å². The van der Waals surface area contributed by atoms with E-state index in [0.29, 0.717) is 12.5 Å². The van der Waals surface area contributed by atoms with Crippen molar-refractivity contribution in [3.8, 4) is 5.75 Å². The van der Waals surface area contributed by atoms with E-state index in [1.54, 1.807) is 0 Å². The smallest absolute Gasteiger partial charge is 0.416 e. The molecule has 1 aliphatic rings. The standard InChI is InChI=1S/C13H15F4NO/c14-11-6-8(13(15,16)17)4-5-12(11)19-10-3-1-2-9(18)7-10/h4-6,9-10H,1-3,7,18H2. The maximum Gasteiger partial charge on any atom is 0.416 e. The molecule has 0 amide bonds. The fraction of sp³-hybridized carbons (Fsp3) is 0.538. The van der Waals surface area contributed by atoms with Crippen molar-refractivity contribution in [3.63, 3.8) is 0 Å². The number of hydrogen-bond acceptors (Lipinski definition) is 2. The minimum Gasteiger partial charge on any atom is -0.487 e. The molecule has 0 saturated heterocycles. The molecule has 1 saturated carbocycles. The summed E-state index contributed by atoms with van der Waals surface area (Å²) in [6, 6.07) is 2.31. The van der Waals surface area contributed by atoms with Gasteiger partial charge in [0.25, 0.3) is 0 Å². The van der Waals surface area contributed by atoms with E-state index in [-0.39, 0.29) is 17.9 Å². The van der Waals surface area contributed by atoms with Gasteiger partial charge in [-0.3, -0.25) is 0 Å². The zero-order chi connectivity index (χ0) is 14.0. The van der Waals surface area contributed by atoms with Gasteiger partial charge in [0, 0.05) is 6.04 Å². The Morgan fingerprint density at radius 2 is 1.95 bits per heavy atom. The van der Waals surface area contributed by atoms with Crippen LogP contribution in [0.1, 0.15) is 31.2 Å². The first-order valence-corrected chi connectivity index (χ1v) is 6.15. The molecule has 106 valence electrons. The van der Waals surface area contributed by atoms with E-state index in [9.17, 15) is 17.6 Å². The Labute approximate surface area is 108 Å². The van der Waals surface area contributed by atoms with Gasteiger partial charge >= 0.3 is 6.18 Å². The van der Waals surface area contributed by atoms with Crippen LogP contribution >= 0.6 is 0 Å². The zero-order valence-corrected chi connectivity index (χ0v) is 10.2. The normalized spacial score (nSPS) is 24.3. The van der Waals surface area contributed by atoms with Crippen LogP contribution in [0.15, 0.2) is 18.2 Å². The van der Waals surface area contributed by atoms with E-state index in [0.717, 1.165) is 31.4 Å². The van der Waals surface area contributed by atoms with Gasteiger partial charge in [0.2, 0.25) is 0 Å². The molecular weight excluding hydrogens is 262 g/mol. The summed E-state index contributed by atoms with van der Waals surface area (Å²) < 4.78 is 56.1. The number of ether oxygens (including phenoxy) is 1. The van der Waals surface area contributed by atoms with Crippen LogP contribution in [-0.4, -0.2) is 12.1 Å². The first kappa shape index (κ1) is 14.1. The summed E-state index contributed by atoms with van der Waals surface area (Å²) in [7, 11) is 0. The Bertz CT molecular complexity index is 447. The summed E-state index contributed by atoms with van der Waals surface area (Å²) in [5.41, 5.74) is 4.76. The van der Waals surface area contributed by atoms with Crippen molar-refractivity contribution in [2.75, 3.05) is 0 Å². The van der Waals surface area contributed by atoms with Crippen molar-refractivity contribution in [2.24, 2.45) is 5.73 Å². The molecule has 19 heavy (non-hydrogen) atoms. The lowest BCUT2D eigenvalue weighted by atomic mass is 9.93. The van der Waals surface area contributed by atoms with Crippen LogP contribution in [0.4, 0.5) is 17.6 Å². The Morgan fingerprint density at radius 3 is 2.53 bits per heavy atom. The molecule has 0 spiro atoms. The molecule has 0 aromatic heterocycles.